The van der Waals surface area contributed by atoms with Gasteiger partial charge in [-0.3, -0.25) is 14.0 Å². The van der Waals surface area contributed by atoms with Gasteiger partial charge >= 0.3 is 0 Å². The third kappa shape index (κ3) is 2.81. The number of nitrogens with one attached hydrogen (secondary N) is 1. The van der Waals surface area contributed by atoms with Crippen LogP contribution in [0.2, 0.25) is 5.02 Å². The standard InChI is InChI=1S/C18H12ClN3O3S/c1-10-12(8-15(25-10)11-4-2-3-5-13(11)19)16(23)21-14-9-20-18-22(17(14)24)6-7-26-18/h2-9H,1H3,(H,21,23). The van der Waals surface area contributed by atoms with Crippen LogP contribution in [0.5, 0.6) is 0 Å². The summed E-state index contributed by atoms with van der Waals surface area (Å²) >= 11 is 7.53. The molecule has 0 radical (unpaired) electrons. The number of furan rings is 1. The van der Waals surface area contributed by atoms with Gasteiger partial charge < -0.3 is 9.73 Å². The van der Waals surface area contributed by atoms with Crippen LogP contribution in [-0.2, 0) is 0 Å². The Kier molecular flexibility index (Phi) is 4.10. The lowest BCUT2D eigenvalue weighted by Crippen LogP contribution is -2.22. The number of aryl methyl sites for hydroxylation is 1. The maximum absolute atomic E-state index is 12.6. The zero-order chi connectivity index (χ0) is 18.3. The monoisotopic (exact) mass is 385 g/mol. The van der Waals surface area contributed by atoms with E-state index >= 15 is 0 Å². The Morgan fingerprint density at radius 1 is 1.35 bits per heavy atom. The lowest BCUT2D eigenvalue weighted by molar-refractivity contribution is 0.102. The Labute approximate surface area is 156 Å². The highest BCUT2D eigenvalue weighted by molar-refractivity contribution is 7.15. The van der Waals surface area contributed by atoms with Gasteiger partial charge in [0.15, 0.2) is 4.96 Å². The van der Waals surface area contributed by atoms with Crippen molar-refractivity contribution in [3.8, 4) is 11.3 Å². The van der Waals surface area contributed by atoms with Gasteiger partial charge in [0.2, 0.25) is 0 Å². The van der Waals surface area contributed by atoms with Crippen LogP contribution in [0, 0.1) is 6.92 Å². The van der Waals surface area contributed by atoms with Crippen molar-refractivity contribution >= 4 is 39.5 Å². The fourth-order valence-corrected chi connectivity index (χ4v) is 3.51. The molecular weight excluding hydrogens is 374 g/mol. The second-order valence-corrected chi connectivity index (χ2v) is 6.83. The average molecular weight is 386 g/mol. The number of fused-ring (bicyclic) bond motifs is 1. The largest absolute Gasteiger partial charge is 0.460 e. The fraction of sp³-hybridized carbons (Fsp3) is 0.0556. The molecule has 0 unspecified atom stereocenters. The SMILES string of the molecule is Cc1oc(-c2ccccc2Cl)cc1C(=O)Nc1cnc2sccn2c1=O. The van der Waals surface area contributed by atoms with Gasteiger partial charge in [-0.15, -0.1) is 11.3 Å². The van der Waals surface area contributed by atoms with E-state index in [0.717, 1.165) is 0 Å². The molecule has 1 amide bonds. The summed E-state index contributed by atoms with van der Waals surface area (Å²) in [5.41, 5.74) is 0.787. The molecule has 3 aromatic heterocycles. The first-order chi connectivity index (χ1) is 12.5. The van der Waals surface area contributed by atoms with Crippen LogP contribution in [0.15, 0.2) is 57.3 Å². The summed E-state index contributed by atoms with van der Waals surface area (Å²) in [6, 6.07) is 8.82. The molecule has 4 rings (SSSR count). The Balaban J connectivity index is 1.67. The van der Waals surface area contributed by atoms with E-state index in [2.05, 4.69) is 10.3 Å². The molecule has 1 aromatic carbocycles. The molecule has 0 spiro atoms. The van der Waals surface area contributed by atoms with E-state index in [1.54, 1.807) is 30.6 Å². The van der Waals surface area contributed by atoms with Crippen LogP contribution >= 0.6 is 22.9 Å². The predicted octanol–water partition coefficient (Wildman–Crippen LogP) is 4.23. The summed E-state index contributed by atoms with van der Waals surface area (Å²) < 4.78 is 7.07. The van der Waals surface area contributed by atoms with E-state index in [9.17, 15) is 9.59 Å². The van der Waals surface area contributed by atoms with Crippen LogP contribution < -0.4 is 10.9 Å². The van der Waals surface area contributed by atoms with Crippen LogP contribution in [0.25, 0.3) is 16.3 Å². The number of hydrogen-bond acceptors (Lipinski definition) is 5. The summed E-state index contributed by atoms with van der Waals surface area (Å²) in [5, 5.41) is 4.89. The molecule has 0 bridgehead atoms. The van der Waals surface area contributed by atoms with E-state index in [1.165, 1.54) is 21.9 Å². The van der Waals surface area contributed by atoms with E-state index in [4.69, 9.17) is 16.0 Å². The molecule has 130 valence electrons. The van der Waals surface area contributed by atoms with Crippen LogP contribution in [-0.4, -0.2) is 15.3 Å². The summed E-state index contributed by atoms with van der Waals surface area (Å²) in [6.45, 7) is 1.68. The number of aromatic nitrogens is 2. The number of carbonyl (C=O) groups excluding carboxylic acids is 1. The van der Waals surface area contributed by atoms with Crippen LogP contribution in [0.3, 0.4) is 0 Å². The first kappa shape index (κ1) is 16.6. The van der Waals surface area contributed by atoms with Crippen molar-refractivity contribution in [3.05, 3.63) is 74.8 Å². The van der Waals surface area contributed by atoms with Gasteiger partial charge in [0, 0.05) is 17.1 Å². The number of amides is 1. The van der Waals surface area contributed by atoms with Crippen molar-refractivity contribution in [2.45, 2.75) is 6.92 Å². The van der Waals surface area contributed by atoms with Crippen molar-refractivity contribution in [3.63, 3.8) is 0 Å². The Morgan fingerprint density at radius 3 is 2.96 bits per heavy atom. The highest BCUT2D eigenvalue weighted by Crippen LogP contribution is 2.31. The molecule has 0 atom stereocenters. The van der Waals surface area contributed by atoms with Crippen molar-refractivity contribution in [1.29, 1.82) is 0 Å². The second-order valence-electron chi connectivity index (χ2n) is 5.55. The number of carbonyl (C=O) groups is 1. The van der Waals surface area contributed by atoms with Gasteiger partial charge in [0.25, 0.3) is 11.5 Å². The minimum absolute atomic E-state index is 0.103. The summed E-state index contributed by atoms with van der Waals surface area (Å²) in [5.74, 6) is 0.474. The third-order valence-electron chi connectivity index (χ3n) is 3.89. The van der Waals surface area contributed by atoms with Crippen molar-refractivity contribution in [2.24, 2.45) is 0 Å². The summed E-state index contributed by atoms with van der Waals surface area (Å²) in [4.78, 5) is 29.7. The van der Waals surface area contributed by atoms with Gasteiger partial charge in [-0.1, -0.05) is 23.7 Å². The minimum Gasteiger partial charge on any atom is -0.460 e. The quantitative estimate of drug-likeness (QED) is 0.572. The highest BCUT2D eigenvalue weighted by Gasteiger charge is 2.19. The van der Waals surface area contributed by atoms with Gasteiger partial charge in [-0.25, -0.2) is 4.98 Å². The topological polar surface area (TPSA) is 76.6 Å². The average Bonchev–Trinajstić information content (AvgIpc) is 3.25. The molecule has 0 saturated carbocycles. The highest BCUT2D eigenvalue weighted by atomic mass is 35.5. The van der Waals surface area contributed by atoms with Gasteiger partial charge in [-0.2, -0.15) is 0 Å². The van der Waals surface area contributed by atoms with E-state index < -0.39 is 5.91 Å². The zero-order valence-electron chi connectivity index (χ0n) is 13.5. The second kappa shape index (κ2) is 6.44. The molecule has 0 fully saturated rings. The number of benzene rings is 1. The normalized spacial score (nSPS) is 11.0. The van der Waals surface area contributed by atoms with Gasteiger partial charge in [-0.05, 0) is 25.1 Å². The van der Waals surface area contributed by atoms with Crippen molar-refractivity contribution in [1.82, 2.24) is 9.38 Å². The van der Waals surface area contributed by atoms with Crippen LogP contribution in [0.1, 0.15) is 16.1 Å². The molecule has 0 aliphatic rings. The zero-order valence-corrected chi connectivity index (χ0v) is 15.1. The third-order valence-corrected chi connectivity index (χ3v) is 4.99. The van der Waals surface area contributed by atoms with E-state index in [-0.39, 0.29) is 11.2 Å². The molecule has 6 nitrogen and oxygen atoms in total. The molecule has 4 aromatic rings. The lowest BCUT2D eigenvalue weighted by Gasteiger charge is -2.03. The molecule has 3 heterocycles. The number of thiazole rings is 1. The maximum Gasteiger partial charge on any atom is 0.282 e. The van der Waals surface area contributed by atoms with Crippen molar-refractivity contribution < 1.29 is 9.21 Å². The molecule has 8 heteroatoms. The Hall–Kier alpha value is -2.90. The fourth-order valence-electron chi connectivity index (χ4n) is 2.60. The summed E-state index contributed by atoms with van der Waals surface area (Å²) in [6.07, 6.45) is 2.97. The molecule has 0 aliphatic heterocycles. The number of halogens is 1. The van der Waals surface area contributed by atoms with E-state index in [1.807, 2.05) is 18.2 Å². The molecule has 0 aliphatic carbocycles. The Morgan fingerprint density at radius 2 is 2.15 bits per heavy atom. The number of hydrogen-bond donors (Lipinski definition) is 1. The van der Waals surface area contributed by atoms with Gasteiger partial charge in [0.1, 0.15) is 17.2 Å². The Bertz CT molecular complexity index is 1190. The van der Waals surface area contributed by atoms with Crippen molar-refractivity contribution in [2.75, 3.05) is 5.32 Å². The predicted molar refractivity (Wildman–Crippen MR) is 101 cm³/mol. The number of anilines is 1. The minimum atomic E-state index is -0.446. The van der Waals surface area contributed by atoms with Crippen LogP contribution in [0.4, 0.5) is 5.69 Å². The molecule has 0 saturated heterocycles. The van der Waals surface area contributed by atoms with E-state index in [0.29, 0.717) is 32.6 Å². The summed E-state index contributed by atoms with van der Waals surface area (Å²) in [7, 11) is 0. The molecule has 26 heavy (non-hydrogen) atoms. The smallest absolute Gasteiger partial charge is 0.282 e. The first-order valence-corrected chi connectivity index (χ1v) is 8.92. The van der Waals surface area contributed by atoms with Gasteiger partial charge in [0.05, 0.1) is 16.8 Å². The molecule has 1 N–H and O–H groups in total. The molecular formula is C18H12ClN3O3S. The first-order valence-electron chi connectivity index (χ1n) is 7.66. The maximum atomic E-state index is 12.6. The number of rotatable bonds is 3. The lowest BCUT2D eigenvalue weighted by atomic mass is 10.1. The number of nitrogens with zero attached hydrogens (tertiary/aromatic N) is 2.